The van der Waals surface area contributed by atoms with Crippen LogP contribution in [0.4, 0.5) is 19.0 Å². The normalized spacial score (nSPS) is 16.8. The van der Waals surface area contributed by atoms with E-state index in [0.717, 1.165) is 11.6 Å². The van der Waals surface area contributed by atoms with Gasteiger partial charge in [-0.25, -0.2) is 31.6 Å². The molecular weight excluding hydrogens is 587 g/mol. The lowest BCUT2D eigenvalue weighted by Gasteiger charge is -2.25. The van der Waals surface area contributed by atoms with Crippen LogP contribution in [0, 0.1) is 12.7 Å². The average Bonchev–Trinajstić information content (AvgIpc) is 2.83. The first-order valence-electron chi connectivity index (χ1n) is 12.1. The Morgan fingerprint density at radius 3 is 2.50 bits per heavy atom. The lowest BCUT2D eigenvalue weighted by atomic mass is 9.93. The molecule has 1 N–H and O–H groups in total. The zero-order valence-electron chi connectivity index (χ0n) is 21.2. The van der Waals surface area contributed by atoms with Gasteiger partial charge in [0.1, 0.15) is 38.9 Å². The second kappa shape index (κ2) is 11.7. The molecule has 1 atom stereocenters. The summed E-state index contributed by atoms with van der Waals surface area (Å²) in [6.45, 7) is 2.71. The lowest BCUT2D eigenvalue weighted by molar-refractivity contribution is 0.146. The quantitative estimate of drug-likeness (QED) is 0.261. The van der Waals surface area contributed by atoms with E-state index < -0.39 is 32.6 Å². The number of aromatic nitrogens is 3. The molecule has 0 radical (unpaired) electrons. The molecule has 13 heteroatoms. The molecule has 4 rings (SSSR count). The number of alkyl halides is 3. The van der Waals surface area contributed by atoms with E-state index in [0.29, 0.717) is 54.5 Å². The van der Waals surface area contributed by atoms with Crippen LogP contribution < -0.4 is 10.1 Å². The first-order valence-corrected chi connectivity index (χ1v) is 14.8. The molecule has 1 fully saturated rings. The Bertz CT molecular complexity index is 1410. The van der Waals surface area contributed by atoms with Gasteiger partial charge in [0, 0.05) is 17.7 Å². The number of pyridine rings is 1. The highest BCUT2D eigenvalue weighted by molar-refractivity contribution is 9.09. The van der Waals surface area contributed by atoms with Gasteiger partial charge in [-0.15, -0.1) is 0 Å². The summed E-state index contributed by atoms with van der Waals surface area (Å²) >= 11 is 3.36. The van der Waals surface area contributed by atoms with Crippen molar-refractivity contribution < 1.29 is 26.3 Å². The SMILES string of the molecule is Cc1nc(N[C@H](Br)c2cccc(C(F)F)c2F)c2cc(C3CCS(=O)(=O)CC3)c(OCCN(C)C)nc2n1. The number of ether oxygens (including phenoxy) is 1. The molecule has 0 bridgehead atoms. The molecule has 1 aliphatic rings. The van der Waals surface area contributed by atoms with Crippen molar-refractivity contribution >= 4 is 42.6 Å². The third-order valence-electron chi connectivity index (χ3n) is 6.39. The molecule has 0 spiro atoms. The number of sulfone groups is 1. The summed E-state index contributed by atoms with van der Waals surface area (Å²) in [6, 6.07) is 5.66. The van der Waals surface area contributed by atoms with E-state index in [9.17, 15) is 21.6 Å². The predicted octanol–water partition coefficient (Wildman–Crippen LogP) is 5.15. The van der Waals surface area contributed by atoms with Crippen molar-refractivity contribution in [2.45, 2.75) is 37.1 Å². The Kier molecular flexibility index (Phi) is 8.78. The fourth-order valence-corrected chi connectivity index (χ4v) is 6.40. The maximum Gasteiger partial charge on any atom is 0.266 e. The summed E-state index contributed by atoms with van der Waals surface area (Å²) in [5.41, 5.74) is 0.405. The van der Waals surface area contributed by atoms with E-state index in [1.54, 1.807) is 6.92 Å². The number of anilines is 1. The fourth-order valence-electron chi connectivity index (χ4n) is 4.34. The van der Waals surface area contributed by atoms with Crippen LogP contribution in [0.5, 0.6) is 5.88 Å². The van der Waals surface area contributed by atoms with Crippen LogP contribution in [-0.2, 0) is 9.84 Å². The van der Waals surface area contributed by atoms with Crippen molar-refractivity contribution in [1.82, 2.24) is 19.9 Å². The highest BCUT2D eigenvalue weighted by Crippen LogP contribution is 2.38. The zero-order chi connectivity index (χ0) is 27.6. The van der Waals surface area contributed by atoms with Crippen LogP contribution in [-0.4, -0.2) is 67.0 Å². The fraction of sp³-hybridized carbons (Fsp3) is 0.480. The van der Waals surface area contributed by atoms with Crippen molar-refractivity contribution in [3.05, 3.63) is 52.6 Å². The number of aryl methyl sites for hydroxylation is 1. The minimum atomic E-state index is -3.08. The van der Waals surface area contributed by atoms with Crippen LogP contribution in [0.1, 0.15) is 52.7 Å². The van der Waals surface area contributed by atoms with Gasteiger partial charge in [-0.3, -0.25) is 0 Å². The number of hydrogen-bond donors (Lipinski definition) is 1. The Balaban J connectivity index is 1.75. The van der Waals surface area contributed by atoms with Gasteiger partial charge in [0.15, 0.2) is 5.65 Å². The smallest absolute Gasteiger partial charge is 0.266 e. The van der Waals surface area contributed by atoms with Gasteiger partial charge >= 0.3 is 0 Å². The van der Waals surface area contributed by atoms with E-state index >= 15 is 0 Å². The lowest BCUT2D eigenvalue weighted by Crippen LogP contribution is -2.24. The molecule has 1 aliphatic heterocycles. The molecule has 3 aromatic rings. The second-order valence-corrected chi connectivity index (χ2v) is 12.7. The third-order valence-corrected chi connectivity index (χ3v) is 8.83. The van der Waals surface area contributed by atoms with E-state index in [4.69, 9.17) is 4.74 Å². The first kappa shape index (κ1) is 28.5. The number of nitrogens with one attached hydrogen (secondary N) is 1. The standard InChI is InChI=1S/C25H29BrF3N5O3S/c1-14-30-23(32-21(26)16-5-4-6-17(20(16)27)22(28)29)19-13-18(15-7-11-38(35,36)12-8-15)25(33-24(19)31-14)37-10-9-34(2)3/h4-6,13,15,21-22H,7-12H2,1-3H3,(H,30,31,32,33)/t21-/m0/s1. The van der Waals surface area contributed by atoms with Crippen molar-refractivity contribution in [2.75, 3.05) is 44.1 Å². The Morgan fingerprint density at radius 1 is 1.16 bits per heavy atom. The zero-order valence-corrected chi connectivity index (χ0v) is 23.6. The molecule has 8 nitrogen and oxygen atoms in total. The molecule has 38 heavy (non-hydrogen) atoms. The number of hydrogen-bond acceptors (Lipinski definition) is 8. The monoisotopic (exact) mass is 615 g/mol. The minimum Gasteiger partial charge on any atom is -0.476 e. The maximum atomic E-state index is 14.8. The summed E-state index contributed by atoms with van der Waals surface area (Å²) in [5, 5.41) is 3.59. The Labute approximate surface area is 228 Å². The van der Waals surface area contributed by atoms with Crippen molar-refractivity contribution in [3.8, 4) is 5.88 Å². The van der Waals surface area contributed by atoms with Gasteiger partial charge in [0.25, 0.3) is 6.43 Å². The van der Waals surface area contributed by atoms with E-state index in [2.05, 4.69) is 36.2 Å². The second-order valence-electron chi connectivity index (χ2n) is 9.51. The molecule has 0 unspecified atom stereocenters. The van der Waals surface area contributed by atoms with Gasteiger partial charge in [-0.05, 0) is 45.8 Å². The topological polar surface area (TPSA) is 97.3 Å². The summed E-state index contributed by atoms with van der Waals surface area (Å²) in [7, 11) is 0.770. The number of likely N-dealkylation sites (N-methyl/N-ethyl adjacent to an activating group) is 1. The van der Waals surface area contributed by atoms with Crippen molar-refractivity contribution in [3.63, 3.8) is 0 Å². The van der Waals surface area contributed by atoms with Crippen LogP contribution in [0.25, 0.3) is 11.0 Å². The highest BCUT2D eigenvalue weighted by Gasteiger charge is 2.29. The summed E-state index contributed by atoms with van der Waals surface area (Å²) in [5.74, 6) is 0.151. The van der Waals surface area contributed by atoms with E-state index in [-0.39, 0.29) is 23.0 Å². The van der Waals surface area contributed by atoms with Crippen LogP contribution in [0.3, 0.4) is 0 Å². The van der Waals surface area contributed by atoms with E-state index in [1.165, 1.54) is 12.1 Å². The van der Waals surface area contributed by atoms with Gasteiger partial charge in [0.2, 0.25) is 5.88 Å². The minimum absolute atomic E-state index is 0.00141. The van der Waals surface area contributed by atoms with Crippen molar-refractivity contribution in [2.24, 2.45) is 0 Å². The Hall–Kier alpha value is -2.51. The molecule has 1 aromatic carbocycles. The molecule has 3 heterocycles. The largest absolute Gasteiger partial charge is 0.476 e. The molecule has 1 saturated heterocycles. The van der Waals surface area contributed by atoms with Crippen molar-refractivity contribution in [1.29, 1.82) is 0 Å². The first-order chi connectivity index (χ1) is 17.9. The molecular formula is C25H29BrF3N5O3S. The maximum absolute atomic E-state index is 14.8. The molecule has 0 amide bonds. The van der Waals surface area contributed by atoms with Gasteiger partial charge < -0.3 is 15.0 Å². The molecule has 2 aromatic heterocycles. The average molecular weight is 617 g/mol. The molecule has 0 saturated carbocycles. The number of nitrogens with zero attached hydrogens (tertiary/aromatic N) is 4. The number of benzene rings is 1. The number of fused-ring (bicyclic) bond motifs is 1. The molecule has 0 aliphatic carbocycles. The van der Waals surface area contributed by atoms with Gasteiger partial charge in [0.05, 0.1) is 22.5 Å². The number of rotatable bonds is 9. The predicted molar refractivity (Wildman–Crippen MR) is 143 cm³/mol. The van der Waals surface area contributed by atoms with Gasteiger partial charge in [-0.2, -0.15) is 4.98 Å². The van der Waals surface area contributed by atoms with Crippen LogP contribution in [0.2, 0.25) is 0 Å². The third kappa shape index (κ3) is 6.55. The summed E-state index contributed by atoms with van der Waals surface area (Å²) in [4.78, 5) is 14.7. The Morgan fingerprint density at radius 2 is 1.84 bits per heavy atom. The van der Waals surface area contributed by atoms with Gasteiger partial charge in [-0.1, -0.05) is 34.1 Å². The number of halogens is 4. The molecule has 206 valence electrons. The van der Waals surface area contributed by atoms with Crippen LogP contribution in [0.15, 0.2) is 24.3 Å². The summed E-state index contributed by atoms with van der Waals surface area (Å²) < 4.78 is 71.4. The van der Waals surface area contributed by atoms with Crippen LogP contribution >= 0.6 is 15.9 Å². The van der Waals surface area contributed by atoms with E-state index in [1.807, 2.05) is 25.1 Å². The highest BCUT2D eigenvalue weighted by atomic mass is 79.9. The summed E-state index contributed by atoms with van der Waals surface area (Å²) in [6.07, 6.45) is -2.09.